The van der Waals surface area contributed by atoms with Crippen LogP contribution in [0.3, 0.4) is 0 Å². The Hall–Kier alpha value is -1.96. The number of benzene rings is 1. The van der Waals surface area contributed by atoms with E-state index in [1.165, 1.54) is 18.2 Å². The Labute approximate surface area is 127 Å². The molecular formula is C13H11BrF3N3O. The molecule has 21 heavy (non-hydrogen) atoms. The van der Waals surface area contributed by atoms with Gasteiger partial charge in [0.15, 0.2) is 0 Å². The molecule has 8 heteroatoms. The molecule has 0 saturated heterocycles. The number of nitrogens with zero attached hydrogens (tertiary/aromatic N) is 1. The first-order valence-corrected chi connectivity index (χ1v) is 6.64. The van der Waals surface area contributed by atoms with Crippen molar-refractivity contribution in [3.8, 4) is 5.75 Å². The van der Waals surface area contributed by atoms with Crippen LogP contribution in [0.2, 0.25) is 0 Å². The van der Waals surface area contributed by atoms with Crippen LogP contribution in [0.5, 0.6) is 5.75 Å². The molecule has 0 fully saturated rings. The highest BCUT2D eigenvalue weighted by atomic mass is 79.9. The SMILES string of the molecule is CNc1cccc(Nc2ccc(OC(F)(F)F)c(Br)c2)n1. The van der Waals surface area contributed by atoms with Crippen LogP contribution in [-0.2, 0) is 0 Å². The number of pyridine rings is 1. The van der Waals surface area contributed by atoms with Crippen LogP contribution in [0, 0.1) is 0 Å². The van der Waals surface area contributed by atoms with E-state index in [2.05, 4.69) is 36.3 Å². The smallest absolute Gasteiger partial charge is 0.405 e. The average molecular weight is 362 g/mol. The molecule has 4 nitrogen and oxygen atoms in total. The summed E-state index contributed by atoms with van der Waals surface area (Å²) in [6.45, 7) is 0. The highest BCUT2D eigenvalue weighted by Crippen LogP contribution is 2.33. The molecule has 0 aliphatic rings. The molecule has 0 radical (unpaired) electrons. The van der Waals surface area contributed by atoms with E-state index in [0.717, 1.165) is 0 Å². The standard InChI is InChI=1S/C13H11BrF3N3O/c1-18-11-3-2-4-12(20-11)19-8-5-6-10(9(14)7-8)21-13(15,16)17/h2-7H,1H3,(H2,18,19,20). The van der Waals surface area contributed by atoms with E-state index in [1.807, 2.05) is 0 Å². The second-order valence-corrected chi connectivity index (χ2v) is 4.83. The summed E-state index contributed by atoms with van der Waals surface area (Å²) in [6, 6.07) is 9.52. The molecule has 2 rings (SSSR count). The zero-order chi connectivity index (χ0) is 15.5. The Kier molecular flexibility index (Phi) is 4.56. The van der Waals surface area contributed by atoms with Gasteiger partial charge in [-0.25, -0.2) is 4.98 Å². The number of rotatable bonds is 4. The highest BCUT2D eigenvalue weighted by Gasteiger charge is 2.31. The summed E-state index contributed by atoms with van der Waals surface area (Å²) < 4.78 is 40.6. The van der Waals surface area contributed by atoms with Gasteiger partial charge in [-0.15, -0.1) is 13.2 Å². The molecule has 1 aromatic heterocycles. The van der Waals surface area contributed by atoms with Crippen molar-refractivity contribution in [1.82, 2.24) is 4.98 Å². The summed E-state index contributed by atoms with van der Waals surface area (Å²) in [7, 11) is 1.74. The first-order valence-electron chi connectivity index (χ1n) is 5.84. The van der Waals surface area contributed by atoms with Crippen molar-refractivity contribution < 1.29 is 17.9 Å². The highest BCUT2D eigenvalue weighted by molar-refractivity contribution is 9.10. The second-order valence-electron chi connectivity index (χ2n) is 3.98. The number of hydrogen-bond donors (Lipinski definition) is 2. The zero-order valence-electron chi connectivity index (χ0n) is 10.8. The molecule has 0 saturated carbocycles. The Morgan fingerprint density at radius 2 is 1.86 bits per heavy atom. The van der Waals surface area contributed by atoms with Crippen molar-refractivity contribution in [1.29, 1.82) is 0 Å². The quantitative estimate of drug-likeness (QED) is 0.839. The minimum Gasteiger partial charge on any atom is -0.405 e. The fourth-order valence-corrected chi connectivity index (χ4v) is 2.04. The first-order chi connectivity index (χ1) is 9.87. The third-order valence-electron chi connectivity index (χ3n) is 2.44. The lowest BCUT2D eigenvalue weighted by atomic mass is 10.3. The van der Waals surface area contributed by atoms with Crippen LogP contribution in [0.25, 0.3) is 0 Å². The summed E-state index contributed by atoms with van der Waals surface area (Å²) in [5.74, 6) is 0.944. The van der Waals surface area contributed by atoms with Gasteiger partial charge in [0.1, 0.15) is 17.4 Å². The van der Waals surface area contributed by atoms with Gasteiger partial charge in [-0.1, -0.05) is 6.07 Å². The third-order valence-corrected chi connectivity index (χ3v) is 3.05. The number of halogens is 4. The van der Waals surface area contributed by atoms with E-state index in [-0.39, 0.29) is 10.2 Å². The molecule has 2 aromatic rings. The van der Waals surface area contributed by atoms with Crippen molar-refractivity contribution in [2.45, 2.75) is 6.36 Å². The van der Waals surface area contributed by atoms with Gasteiger partial charge in [0.2, 0.25) is 0 Å². The molecule has 0 atom stereocenters. The van der Waals surface area contributed by atoms with Gasteiger partial charge in [-0.05, 0) is 46.3 Å². The molecule has 0 aliphatic heterocycles. The molecule has 112 valence electrons. The maximum Gasteiger partial charge on any atom is 0.573 e. The van der Waals surface area contributed by atoms with E-state index in [9.17, 15) is 13.2 Å². The Morgan fingerprint density at radius 3 is 2.48 bits per heavy atom. The molecule has 1 aromatic carbocycles. The number of alkyl halides is 3. The summed E-state index contributed by atoms with van der Waals surface area (Å²) in [4.78, 5) is 4.25. The third kappa shape index (κ3) is 4.52. The van der Waals surface area contributed by atoms with E-state index in [1.54, 1.807) is 25.2 Å². The number of nitrogens with one attached hydrogen (secondary N) is 2. The minimum absolute atomic E-state index is 0.189. The maximum atomic E-state index is 12.2. The van der Waals surface area contributed by atoms with Gasteiger partial charge in [0, 0.05) is 12.7 Å². The first kappa shape index (κ1) is 15.4. The van der Waals surface area contributed by atoms with Crippen molar-refractivity contribution in [2.24, 2.45) is 0 Å². The van der Waals surface area contributed by atoms with Gasteiger partial charge >= 0.3 is 6.36 Å². The van der Waals surface area contributed by atoms with E-state index in [0.29, 0.717) is 17.3 Å². The topological polar surface area (TPSA) is 46.2 Å². The van der Waals surface area contributed by atoms with Crippen LogP contribution in [0.15, 0.2) is 40.9 Å². The van der Waals surface area contributed by atoms with Crippen molar-refractivity contribution in [3.05, 3.63) is 40.9 Å². The predicted molar refractivity (Wildman–Crippen MR) is 77.9 cm³/mol. The number of ether oxygens (including phenoxy) is 1. The maximum absolute atomic E-state index is 12.2. The largest absolute Gasteiger partial charge is 0.573 e. The fraction of sp³-hybridized carbons (Fsp3) is 0.154. The lowest BCUT2D eigenvalue weighted by Crippen LogP contribution is -2.17. The number of aromatic nitrogens is 1. The monoisotopic (exact) mass is 361 g/mol. The summed E-state index contributed by atoms with van der Waals surface area (Å²) in [6.07, 6.45) is -4.72. The van der Waals surface area contributed by atoms with E-state index >= 15 is 0 Å². The molecule has 0 amide bonds. The second kappa shape index (κ2) is 6.21. The molecule has 0 bridgehead atoms. The lowest BCUT2D eigenvalue weighted by Gasteiger charge is -2.12. The van der Waals surface area contributed by atoms with E-state index < -0.39 is 6.36 Å². The van der Waals surface area contributed by atoms with Crippen LogP contribution < -0.4 is 15.4 Å². The average Bonchev–Trinajstić information content (AvgIpc) is 2.41. The summed E-state index contributed by atoms with van der Waals surface area (Å²) in [5, 5.41) is 5.89. The van der Waals surface area contributed by atoms with Crippen LogP contribution in [0.4, 0.5) is 30.5 Å². The molecular weight excluding hydrogens is 351 g/mol. The van der Waals surface area contributed by atoms with Gasteiger partial charge < -0.3 is 15.4 Å². The van der Waals surface area contributed by atoms with Gasteiger partial charge in [-0.3, -0.25) is 0 Å². The van der Waals surface area contributed by atoms with Crippen LogP contribution in [-0.4, -0.2) is 18.4 Å². The number of anilines is 3. The number of hydrogen-bond acceptors (Lipinski definition) is 4. The van der Waals surface area contributed by atoms with Gasteiger partial charge in [0.25, 0.3) is 0 Å². The van der Waals surface area contributed by atoms with Crippen LogP contribution >= 0.6 is 15.9 Å². The molecule has 0 unspecified atom stereocenters. The lowest BCUT2D eigenvalue weighted by molar-refractivity contribution is -0.274. The van der Waals surface area contributed by atoms with Crippen LogP contribution in [0.1, 0.15) is 0 Å². The minimum atomic E-state index is -4.72. The molecule has 0 aliphatic carbocycles. The normalized spacial score (nSPS) is 11.1. The Bertz CT molecular complexity index is 634. The van der Waals surface area contributed by atoms with Gasteiger partial charge in [-0.2, -0.15) is 0 Å². The van der Waals surface area contributed by atoms with Gasteiger partial charge in [0.05, 0.1) is 4.47 Å². The van der Waals surface area contributed by atoms with Crippen molar-refractivity contribution in [2.75, 3.05) is 17.7 Å². The molecule has 1 heterocycles. The Morgan fingerprint density at radius 1 is 1.14 bits per heavy atom. The zero-order valence-corrected chi connectivity index (χ0v) is 12.4. The van der Waals surface area contributed by atoms with Crippen molar-refractivity contribution >= 4 is 33.3 Å². The molecule has 0 spiro atoms. The fourth-order valence-electron chi connectivity index (χ4n) is 1.58. The Balaban J connectivity index is 2.16. The predicted octanol–water partition coefficient (Wildman–Crippen LogP) is 4.53. The van der Waals surface area contributed by atoms with E-state index in [4.69, 9.17) is 0 Å². The van der Waals surface area contributed by atoms with Crippen molar-refractivity contribution in [3.63, 3.8) is 0 Å². The summed E-state index contributed by atoms with van der Waals surface area (Å²) in [5.41, 5.74) is 0.581. The summed E-state index contributed by atoms with van der Waals surface area (Å²) >= 11 is 3.04. The molecule has 2 N–H and O–H groups in total.